The van der Waals surface area contributed by atoms with Crippen molar-refractivity contribution in [3.8, 4) is 22.8 Å². The van der Waals surface area contributed by atoms with Gasteiger partial charge in [0, 0.05) is 22.8 Å². The Kier molecular flexibility index (Phi) is 6.47. The number of fused-ring (bicyclic) bond motifs is 1. The number of nitrogens with one attached hydrogen (secondary N) is 1. The molecule has 0 fully saturated rings. The number of benzene rings is 2. The lowest BCUT2D eigenvalue weighted by atomic mass is 10.2. The number of imidazole rings is 1. The number of halogens is 1. The first-order chi connectivity index (χ1) is 15.1. The van der Waals surface area contributed by atoms with E-state index in [0.29, 0.717) is 19.8 Å². The molecule has 0 aliphatic carbocycles. The summed E-state index contributed by atoms with van der Waals surface area (Å²) in [7, 11) is 0. The topological polar surface area (TPSA) is 64.9 Å². The second-order valence-corrected chi connectivity index (χ2v) is 7.63. The summed E-state index contributed by atoms with van der Waals surface area (Å²) in [6.45, 7) is 3.34. The summed E-state index contributed by atoms with van der Waals surface area (Å²) in [5.74, 6) is 1.15. The van der Waals surface area contributed by atoms with Gasteiger partial charge in [-0.15, -0.1) is 11.3 Å². The van der Waals surface area contributed by atoms with E-state index in [4.69, 9.17) is 9.47 Å². The van der Waals surface area contributed by atoms with Crippen molar-refractivity contribution < 1.29 is 18.7 Å². The fraction of sp³-hybridized carbons (Fsp3) is 0.217. The number of ether oxygens (including phenoxy) is 2. The number of thiazole rings is 1. The highest BCUT2D eigenvalue weighted by Crippen LogP contribution is 2.24. The van der Waals surface area contributed by atoms with Crippen LogP contribution >= 0.6 is 11.3 Å². The van der Waals surface area contributed by atoms with Gasteiger partial charge in [0.1, 0.15) is 23.9 Å². The van der Waals surface area contributed by atoms with E-state index in [2.05, 4.69) is 10.3 Å². The molecule has 0 spiro atoms. The van der Waals surface area contributed by atoms with Crippen LogP contribution in [0.4, 0.5) is 4.39 Å². The van der Waals surface area contributed by atoms with E-state index >= 15 is 0 Å². The number of hydrogen-bond donors (Lipinski definition) is 1. The fourth-order valence-electron chi connectivity index (χ4n) is 3.10. The van der Waals surface area contributed by atoms with Gasteiger partial charge in [-0.1, -0.05) is 0 Å². The number of carbonyl (C=O) groups is 1. The van der Waals surface area contributed by atoms with Gasteiger partial charge in [-0.25, -0.2) is 9.37 Å². The lowest BCUT2D eigenvalue weighted by Crippen LogP contribution is -2.29. The van der Waals surface area contributed by atoms with Crippen LogP contribution in [0.3, 0.4) is 0 Å². The Labute approximate surface area is 183 Å². The summed E-state index contributed by atoms with van der Waals surface area (Å²) in [5.41, 5.74) is 2.43. The molecule has 0 aliphatic rings. The van der Waals surface area contributed by atoms with Crippen molar-refractivity contribution in [2.24, 2.45) is 0 Å². The van der Waals surface area contributed by atoms with Crippen LogP contribution in [0, 0.1) is 5.82 Å². The number of nitrogens with zero attached hydrogens (tertiary/aromatic N) is 2. The lowest BCUT2D eigenvalue weighted by Gasteiger charge is -2.09. The molecule has 31 heavy (non-hydrogen) atoms. The summed E-state index contributed by atoms with van der Waals surface area (Å²) in [4.78, 5) is 17.7. The molecule has 2 aromatic carbocycles. The molecule has 0 saturated heterocycles. The van der Waals surface area contributed by atoms with Crippen molar-refractivity contribution in [3.05, 3.63) is 71.6 Å². The minimum atomic E-state index is -0.284. The Hall–Kier alpha value is -3.39. The molecule has 160 valence electrons. The van der Waals surface area contributed by atoms with Gasteiger partial charge >= 0.3 is 0 Å². The van der Waals surface area contributed by atoms with Crippen molar-refractivity contribution in [1.29, 1.82) is 0 Å². The van der Waals surface area contributed by atoms with Crippen LogP contribution in [-0.4, -0.2) is 35.1 Å². The van der Waals surface area contributed by atoms with Gasteiger partial charge < -0.3 is 14.8 Å². The van der Waals surface area contributed by atoms with Gasteiger partial charge in [-0.2, -0.15) is 0 Å². The molecule has 2 heterocycles. The highest BCUT2D eigenvalue weighted by Gasteiger charge is 2.12. The Morgan fingerprint density at radius 1 is 1.10 bits per heavy atom. The Balaban J connectivity index is 1.28. The van der Waals surface area contributed by atoms with Crippen molar-refractivity contribution in [3.63, 3.8) is 0 Å². The van der Waals surface area contributed by atoms with Crippen LogP contribution in [0.1, 0.15) is 12.6 Å². The van der Waals surface area contributed by atoms with Crippen LogP contribution in [0.15, 0.2) is 60.1 Å². The average molecular weight is 440 g/mol. The quantitative estimate of drug-likeness (QED) is 0.394. The molecular weight excluding hydrogens is 417 g/mol. The average Bonchev–Trinajstić information content (AvgIpc) is 3.35. The van der Waals surface area contributed by atoms with Gasteiger partial charge in [-0.05, 0) is 55.5 Å². The minimum absolute atomic E-state index is 0.0907. The van der Waals surface area contributed by atoms with Crippen molar-refractivity contribution >= 4 is 22.2 Å². The molecular formula is C23H22FN3O3S. The molecule has 0 atom stereocenters. The predicted molar refractivity (Wildman–Crippen MR) is 118 cm³/mol. The molecule has 8 heteroatoms. The maximum atomic E-state index is 13.1. The first-order valence-electron chi connectivity index (χ1n) is 9.96. The molecule has 0 unspecified atom stereocenters. The molecule has 6 nitrogen and oxygen atoms in total. The standard InChI is InChI=1S/C23H22FN3O3S/c1-2-29-19-7-9-20(10-8-19)30-12-11-25-22(28)13-18-15-31-23-26-21(14-27(18)23)16-3-5-17(24)6-4-16/h3-10,14-15H,2,11-13H2,1H3,(H,25,28). The Morgan fingerprint density at radius 2 is 1.81 bits per heavy atom. The highest BCUT2D eigenvalue weighted by molar-refractivity contribution is 7.15. The van der Waals surface area contributed by atoms with Crippen LogP contribution < -0.4 is 14.8 Å². The maximum Gasteiger partial charge on any atom is 0.226 e. The molecule has 4 rings (SSSR count). The van der Waals surface area contributed by atoms with Gasteiger partial charge in [0.15, 0.2) is 4.96 Å². The van der Waals surface area contributed by atoms with Crippen LogP contribution in [0.5, 0.6) is 11.5 Å². The summed E-state index contributed by atoms with van der Waals surface area (Å²) in [6, 6.07) is 13.6. The third kappa shape index (κ3) is 5.21. The van der Waals surface area contributed by atoms with Crippen molar-refractivity contribution in [1.82, 2.24) is 14.7 Å². The molecule has 0 bridgehead atoms. The van der Waals surface area contributed by atoms with E-state index in [1.54, 1.807) is 12.1 Å². The van der Waals surface area contributed by atoms with Gasteiger partial charge in [0.05, 0.1) is 25.3 Å². The second kappa shape index (κ2) is 9.61. The lowest BCUT2D eigenvalue weighted by molar-refractivity contribution is -0.120. The summed E-state index contributed by atoms with van der Waals surface area (Å²) < 4.78 is 26.1. The fourth-order valence-corrected chi connectivity index (χ4v) is 3.97. The van der Waals surface area contributed by atoms with Crippen molar-refractivity contribution in [2.75, 3.05) is 19.8 Å². The Bertz CT molecular complexity index is 1150. The first-order valence-corrected chi connectivity index (χ1v) is 10.8. The third-order valence-corrected chi connectivity index (χ3v) is 5.48. The van der Waals surface area contributed by atoms with E-state index in [-0.39, 0.29) is 18.1 Å². The predicted octanol–water partition coefficient (Wildman–Crippen LogP) is 4.34. The number of rotatable bonds is 9. The van der Waals surface area contributed by atoms with Crippen LogP contribution in [0.25, 0.3) is 16.2 Å². The van der Waals surface area contributed by atoms with E-state index < -0.39 is 0 Å². The SMILES string of the molecule is CCOc1ccc(OCCNC(=O)Cc2csc3nc(-c4ccc(F)cc4)cn23)cc1. The zero-order chi connectivity index (χ0) is 21.6. The monoisotopic (exact) mass is 439 g/mol. The second-order valence-electron chi connectivity index (χ2n) is 6.79. The largest absolute Gasteiger partial charge is 0.494 e. The van der Waals surface area contributed by atoms with Crippen LogP contribution in [0.2, 0.25) is 0 Å². The highest BCUT2D eigenvalue weighted by atomic mass is 32.1. The Morgan fingerprint density at radius 3 is 2.52 bits per heavy atom. The zero-order valence-corrected chi connectivity index (χ0v) is 17.8. The molecule has 0 aliphatic heterocycles. The number of amides is 1. The van der Waals surface area contributed by atoms with Crippen molar-refractivity contribution in [2.45, 2.75) is 13.3 Å². The summed E-state index contributed by atoms with van der Waals surface area (Å²) >= 11 is 1.47. The number of carbonyl (C=O) groups excluding carboxylic acids is 1. The third-order valence-electron chi connectivity index (χ3n) is 4.59. The molecule has 4 aromatic rings. The van der Waals surface area contributed by atoms with Gasteiger partial charge in [-0.3, -0.25) is 9.20 Å². The summed E-state index contributed by atoms with van der Waals surface area (Å²) in [5, 5.41) is 4.80. The normalized spacial score (nSPS) is 10.9. The van der Waals surface area contributed by atoms with E-state index in [1.807, 2.05) is 47.2 Å². The minimum Gasteiger partial charge on any atom is -0.494 e. The van der Waals surface area contributed by atoms with Crippen LogP contribution in [-0.2, 0) is 11.2 Å². The van der Waals surface area contributed by atoms with E-state index in [1.165, 1.54) is 23.5 Å². The molecule has 1 amide bonds. The zero-order valence-electron chi connectivity index (χ0n) is 17.0. The van der Waals surface area contributed by atoms with Gasteiger partial charge in [0.25, 0.3) is 0 Å². The maximum absolute atomic E-state index is 13.1. The molecule has 2 aromatic heterocycles. The molecule has 0 saturated carbocycles. The number of aromatic nitrogens is 2. The molecule has 1 N–H and O–H groups in total. The number of hydrogen-bond acceptors (Lipinski definition) is 5. The van der Waals surface area contributed by atoms with E-state index in [0.717, 1.165) is 33.4 Å². The molecule has 0 radical (unpaired) electrons. The van der Waals surface area contributed by atoms with Gasteiger partial charge in [0.2, 0.25) is 5.91 Å². The first kappa shape index (κ1) is 20.9. The summed E-state index contributed by atoms with van der Waals surface area (Å²) in [6.07, 6.45) is 2.11. The smallest absolute Gasteiger partial charge is 0.226 e. The van der Waals surface area contributed by atoms with E-state index in [9.17, 15) is 9.18 Å².